The van der Waals surface area contributed by atoms with Gasteiger partial charge >= 0.3 is 0 Å². The Bertz CT molecular complexity index is 1190. The zero-order valence-corrected chi connectivity index (χ0v) is 16.5. The molecule has 7 heteroatoms. The van der Waals surface area contributed by atoms with Gasteiger partial charge in [0, 0.05) is 29.7 Å². The summed E-state index contributed by atoms with van der Waals surface area (Å²) in [6.07, 6.45) is 5.28. The van der Waals surface area contributed by atoms with E-state index in [9.17, 15) is 4.79 Å². The highest BCUT2D eigenvalue weighted by Gasteiger charge is 2.18. The monoisotopic (exact) mass is 386 g/mol. The molecule has 29 heavy (non-hydrogen) atoms. The van der Waals surface area contributed by atoms with Crippen molar-refractivity contribution in [1.29, 1.82) is 0 Å². The van der Waals surface area contributed by atoms with Gasteiger partial charge in [-0.05, 0) is 50.6 Å². The fourth-order valence-corrected chi connectivity index (χ4v) is 3.31. The molecule has 0 aliphatic rings. The summed E-state index contributed by atoms with van der Waals surface area (Å²) in [6.45, 7) is 5.80. The number of hydrogen-bond donors (Lipinski definition) is 2. The summed E-state index contributed by atoms with van der Waals surface area (Å²) in [7, 11) is 0. The minimum atomic E-state index is -0.218. The number of hydrogen-bond acceptors (Lipinski definition) is 5. The van der Waals surface area contributed by atoms with E-state index < -0.39 is 0 Å². The van der Waals surface area contributed by atoms with Gasteiger partial charge < -0.3 is 11.1 Å². The summed E-state index contributed by atoms with van der Waals surface area (Å²) in [5.74, 6) is 1.09. The van der Waals surface area contributed by atoms with Gasteiger partial charge in [0.1, 0.15) is 11.6 Å². The van der Waals surface area contributed by atoms with Crippen LogP contribution in [0.4, 0.5) is 5.82 Å². The predicted molar refractivity (Wildman–Crippen MR) is 113 cm³/mol. The molecular weight excluding hydrogens is 364 g/mol. The summed E-state index contributed by atoms with van der Waals surface area (Å²) in [5.41, 5.74) is 11.2. The second-order valence-electron chi connectivity index (χ2n) is 7.09. The zero-order valence-electron chi connectivity index (χ0n) is 16.5. The number of pyridine rings is 1. The quantitative estimate of drug-likeness (QED) is 0.557. The van der Waals surface area contributed by atoms with Gasteiger partial charge in [-0.1, -0.05) is 12.1 Å². The van der Waals surface area contributed by atoms with E-state index >= 15 is 0 Å². The van der Waals surface area contributed by atoms with Crippen molar-refractivity contribution in [3.8, 4) is 11.3 Å². The summed E-state index contributed by atoms with van der Waals surface area (Å²) < 4.78 is 1.98. The number of nitrogens with two attached hydrogens (primary N) is 1. The molecule has 0 saturated heterocycles. The number of benzene rings is 1. The van der Waals surface area contributed by atoms with Crippen molar-refractivity contribution in [2.75, 3.05) is 5.32 Å². The fourth-order valence-electron chi connectivity index (χ4n) is 3.31. The minimum absolute atomic E-state index is 0.210. The molecule has 0 unspecified atom stereocenters. The van der Waals surface area contributed by atoms with Crippen molar-refractivity contribution in [3.63, 3.8) is 0 Å². The van der Waals surface area contributed by atoms with Crippen molar-refractivity contribution in [1.82, 2.24) is 19.4 Å². The zero-order chi connectivity index (χ0) is 20.5. The van der Waals surface area contributed by atoms with E-state index in [1.54, 1.807) is 24.5 Å². The normalized spacial score (nSPS) is 12.1. The first-order valence-electron chi connectivity index (χ1n) is 9.37. The van der Waals surface area contributed by atoms with Gasteiger partial charge in [0.25, 0.3) is 5.91 Å². The van der Waals surface area contributed by atoms with E-state index in [1.807, 2.05) is 55.6 Å². The van der Waals surface area contributed by atoms with Crippen LogP contribution in [0.2, 0.25) is 0 Å². The maximum atomic E-state index is 12.5. The van der Waals surface area contributed by atoms with Crippen LogP contribution in [0.25, 0.3) is 16.8 Å². The highest BCUT2D eigenvalue weighted by atomic mass is 16.1. The lowest BCUT2D eigenvalue weighted by molar-refractivity contribution is 0.102. The molecule has 0 fully saturated rings. The van der Waals surface area contributed by atoms with Crippen LogP contribution in [-0.2, 0) is 0 Å². The highest BCUT2D eigenvalue weighted by Crippen LogP contribution is 2.28. The largest absolute Gasteiger partial charge is 0.322 e. The van der Waals surface area contributed by atoms with Gasteiger partial charge in [-0.2, -0.15) is 0 Å². The molecule has 4 rings (SSSR count). The molecule has 0 aliphatic heterocycles. The number of fused-ring (bicyclic) bond motifs is 1. The summed E-state index contributed by atoms with van der Waals surface area (Å²) in [5, 5.41) is 2.82. The molecule has 3 N–H and O–H groups in total. The van der Waals surface area contributed by atoms with Crippen LogP contribution in [0.15, 0.2) is 55.0 Å². The number of nitrogens with zero attached hydrogens (tertiary/aromatic N) is 4. The molecule has 3 aromatic heterocycles. The van der Waals surface area contributed by atoms with Crippen LogP contribution in [0.3, 0.4) is 0 Å². The van der Waals surface area contributed by atoms with Crippen LogP contribution < -0.4 is 11.1 Å². The molecule has 1 amide bonds. The van der Waals surface area contributed by atoms with Gasteiger partial charge in [0.2, 0.25) is 0 Å². The Kier molecular flexibility index (Phi) is 4.82. The molecule has 0 radical (unpaired) electrons. The third kappa shape index (κ3) is 3.60. The average molecular weight is 386 g/mol. The topological polar surface area (TPSA) is 98.2 Å². The van der Waals surface area contributed by atoms with E-state index in [-0.39, 0.29) is 11.9 Å². The van der Waals surface area contributed by atoms with E-state index in [2.05, 4.69) is 15.3 Å². The second-order valence-corrected chi connectivity index (χ2v) is 7.09. The number of aromatic nitrogens is 4. The number of carbonyl (C=O) groups excluding carboxylic acids is 1. The molecule has 0 spiro atoms. The third-order valence-electron chi connectivity index (χ3n) is 4.75. The summed E-state index contributed by atoms with van der Waals surface area (Å²) >= 11 is 0. The maximum absolute atomic E-state index is 12.5. The Labute approximate surface area is 168 Å². The number of anilines is 1. The van der Waals surface area contributed by atoms with Crippen molar-refractivity contribution in [3.05, 3.63) is 77.6 Å². The van der Waals surface area contributed by atoms with Crippen LogP contribution in [-0.4, -0.2) is 25.3 Å². The number of aryl methyl sites for hydroxylation is 2. The number of rotatable bonds is 4. The van der Waals surface area contributed by atoms with Gasteiger partial charge in [-0.3, -0.25) is 14.2 Å². The average Bonchev–Trinajstić information content (AvgIpc) is 3.09. The molecule has 0 aliphatic carbocycles. The molecule has 1 aromatic carbocycles. The first-order valence-corrected chi connectivity index (χ1v) is 9.37. The van der Waals surface area contributed by atoms with Crippen molar-refractivity contribution < 1.29 is 4.79 Å². The number of carbonyl (C=O) groups is 1. The van der Waals surface area contributed by atoms with E-state index in [0.717, 1.165) is 33.9 Å². The van der Waals surface area contributed by atoms with Gasteiger partial charge in [0.05, 0.1) is 22.9 Å². The standard InChI is InChI=1S/C22H22N6O/c1-13-8-9-25-18(12-13)26-22(29)17-6-4-16(5-7-17)19-20-15(3)24-10-11-28(20)21(27-19)14(2)23/h4-12,14H,23H2,1-3H3,(H,25,26,29)/t14-/m0/s1. The summed E-state index contributed by atoms with van der Waals surface area (Å²) in [6, 6.07) is 10.8. The second kappa shape index (κ2) is 7.44. The molecule has 3 heterocycles. The predicted octanol–water partition coefficient (Wildman–Crippen LogP) is 3.68. The molecular formula is C22H22N6O. The Morgan fingerprint density at radius 1 is 1.10 bits per heavy atom. The van der Waals surface area contributed by atoms with Gasteiger partial charge in [-0.25, -0.2) is 9.97 Å². The minimum Gasteiger partial charge on any atom is -0.322 e. The van der Waals surface area contributed by atoms with Crippen LogP contribution in [0, 0.1) is 13.8 Å². The van der Waals surface area contributed by atoms with Gasteiger partial charge in [-0.15, -0.1) is 0 Å². The maximum Gasteiger partial charge on any atom is 0.256 e. The number of amides is 1. The molecule has 0 bridgehead atoms. The first-order chi connectivity index (χ1) is 13.9. The number of nitrogens with one attached hydrogen (secondary N) is 1. The number of imidazole rings is 1. The fraction of sp³-hybridized carbons (Fsp3) is 0.182. The third-order valence-corrected chi connectivity index (χ3v) is 4.75. The molecule has 7 nitrogen and oxygen atoms in total. The summed E-state index contributed by atoms with van der Waals surface area (Å²) in [4.78, 5) is 25.9. The Hall–Kier alpha value is -3.58. The molecule has 1 atom stereocenters. The van der Waals surface area contributed by atoms with E-state index in [4.69, 9.17) is 10.7 Å². The van der Waals surface area contributed by atoms with Crippen molar-refractivity contribution in [2.45, 2.75) is 26.8 Å². The van der Waals surface area contributed by atoms with Gasteiger partial charge in [0.15, 0.2) is 0 Å². The Morgan fingerprint density at radius 2 is 1.86 bits per heavy atom. The lowest BCUT2D eigenvalue weighted by atomic mass is 10.1. The van der Waals surface area contributed by atoms with E-state index in [1.165, 1.54) is 0 Å². The first kappa shape index (κ1) is 18.8. The SMILES string of the molecule is Cc1ccnc(NC(=O)c2ccc(-c3nc([C@H](C)N)n4ccnc(C)c34)cc2)c1. The Morgan fingerprint density at radius 3 is 2.55 bits per heavy atom. The van der Waals surface area contributed by atoms with Crippen LogP contribution in [0.5, 0.6) is 0 Å². The molecule has 0 saturated carbocycles. The van der Waals surface area contributed by atoms with Crippen molar-refractivity contribution in [2.24, 2.45) is 5.73 Å². The lowest BCUT2D eigenvalue weighted by Crippen LogP contribution is -2.12. The van der Waals surface area contributed by atoms with E-state index in [0.29, 0.717) is 11.4 Å². The molecule has 4 aromatic rings. The smallest absolute Gasteiger partial charge is 0.256 e. The van der Waals surface area contributed by atoms with Crippen LogP contribution in [0.1, 0.15) is 40.4 Å². The van der Waals surface area contributed by atoms with Crippen molar-refractivity contribution >= 4 is 17.2 Å². The highest BCUT2D eigenvalue weighted by molar-refractivity contribution is 6.04. The Balaban J connectivity index is 1.67. The lowest BCUT2D eigenvalue weighted by Gasteiger charge is -2.06. The molecule has 146 valence electrons. The van der Waals surface area contributed by atoms with Crippen LogP contribution >= 0.6 is 0 Å².